The van der Waals surface area contributed by atoms with Crippen LogP contribution in [0.15, 0.2) is 12.4 Å². The van der Waals surface area contributed by atoms with Crippen LogP contribution >= 0.6 is 0 Å². The summed E-state index contributed by atoms with van der Waals surface area (Å²) in [5.74, 6) is 0. The minimum absolute atomic E-state index is 0.351. The second kappa shape index (κ2) is 5.99. The molecule has 3 rings (SSSR count). The van der Waals surface area contributed by atoms with E-state index in [4.69, 9.17) is 0 Å². The molecular formula is C17H30N4. The molecule has 1 aliphatic heterocycles. The molecule has 0 aromatic carbocycles. The van der Waals surface area contributed by atoms with Gasteiger partial charge in [0.05, 0.1) is 11.9 Å². The molecule has 1 saturated carbocycles. The first kappa shape index (κ1) is 14.9. The van der Waals surface area contributed by atoms with Gasteiger partial charge in [-0.05, 0) is 33.1 Å². The van der Waals surface area contributed by atoms with E-state index in [-0.39, 0.29) is 0 Å². The first-order valence-corrected chi connectivity index (χ1v) is 8.69. The monoisotopic (exact) mass is 290 g/mol. The predicted octanol–water partition coefficient (Wildman–Crippen LogP) is 3.36. The third-order valence-electron chi connectivity index (χ3n) is 5.36. The molecule has 2 heterocycles. The van der Waals surface area contributed by atoms with Crippen molar-refractivity contribution in [1.82, 2.24) is 15.1 Å². The number of piperazine rings is 1. The molecule has 1 aliphatic carbocycles. The molecule has 21 heavy (non-hydrogen) atoms. The lowest BCUT2D eigenvalue weighted by atomic mass is 9.79. The van der Waals surface area contributed by atoms with Gasteiger partial charge in [-0.3, -0.25) is 4.68 Å². The van der Waals surface area contributed by atoms with Gasteiger partial charge in [-0.25, -0.2) is 0 Å². The fourth-order valence-electron chi connectivity index (χ4n) is 3.94. The first-order chi connectivity index (χ1) is 10.1. The Kier molecular flexibility index (Phi) is 4.25. The summed E-state index contributed by atoms with van der Waals surface area (Å²) in [7, 11) is 0. The van der Waals surface area contributed by atoms with Gasteiger partial charge in [0.15, 0.2) is 0 Å². The third kappa shape index (κ3) is 2.96. The average molecular weight is 290 g/mol. The van der Waals surface area contributed by atoms with Crippen molar-refractivity contribution in [2.45, 2.75) is 76.9 Å². The van der Waals surface area contributed by atoms with Crippen LogP contribution in [0.4, 0.5) is 5.69 Å². The van der Waals surface area contributed by atoms with Gasteiger partial charge in [0.2, 0.25) is 0 Å². The Morgan fingerprint density at radius 3 is 2.71 bits per heavy atom. The number of hydrogen-bond acceptors (Lipinski definition) is 3. The molecule has 1 aromatic heterocycles. The summed E-state index contributed by atoms with van der Waals surface area (Å²) in [5.41, 5.74) is 1.66. The molecule has 1 atom stereocenters. The molecule has 0 amide bonds. The summed E-state index contributed by atoms with van der Waals surface area (Å²) in [6.07, 6.45) is 12.3. The van der Waals surface area contributed by atoms with Crippen molar-refractivity contribution in [3.63, 3.8) is 0 Å². The molecule has 4 nitrogen and oxygen atoms in total. The molecular weight excluding hydrogens is 260 g/mol. The van der Waals surface area contributed by atoms with Crippen molar-refractivity contribution >= 4 is 5.69 Å². The Hall–Kier alpha value is -1.03. The number of nitrogens with one attached hydrogen (secondary N) is 1. The summed E-state index contributed by atoms with van der Waals surface area (Å²) in [5, 5.41) is 8.44. The Balaban J connectivity index is 1.81. The Bertz CT molecular complexity index is 459. The average Bonchev–Trinajstić information content (AvgIpc) is 2.98. The van der Waals surface area contributed by atoms with Crippen molar-refractivity contribution in [2.75, 3.05) is 18.0 Å². The van der Waals surface area contributed by atoms with E-state index in [1.165, 1.54) is 44.2 Å². The smallest absolute Gasteiger partial charge is 0.0756 e. The first-order valence-electron chi connectivity index (χ1n) is 8.69. The molecule has 1 saturated heterocycles. The maximum absolute atomic E-state index is 4.55. The van der Waals surface area contributed by atoms with E-state index < -0.39 is 0 Å². The largest absolute Gasteiger partial charge is 0.363 e. The van der Waals surface area contributed by atoms with Gasteiger partial charge >= 0.3 is 0 Å². The van der Waals surface area contributed by atoms with Gasteiger partial charge < -0.3 is 10.2 Å². The molecule has 1 aromatic rings. The Morgan fingerprint density at radius 1 is 1.33 bits per heavy atom. The Labute approximate surface area is 128 Å². The summed E-state index contributed by atoms with van der Waals surface area (Å²) in [6, 6.07) is 1.03. The molecule has 4 heteroatoms. The molecule has 118 valence electrons. The van der Waals surface area contributed by atoms with Crippen LogP contribution in [-0.2, 0) is 0 Å². The number of nitrogens with zero attached hydrogens (tertiary/aromatic N) is 3. The number of rotatable bonds is 3. The molecule has 1 spiro atoms. The van der Waals surface area contributed by atoms with Crippen LogP contribution in [-0.4, -0.2) is 34.5 Å². The lowest BCUT2D eigenvalue weighted by Crippen LogP contribution is -2.64. The van der Waals surface area contributed by atoms with Gasteiger partial charge in [-0.1, -0.05) is 26.2 Å². The van der Waals surface area contributed by atoms with E-state index in [0.717, 1.165) is 13.1 Å². The van der Waals surface area contributed by atoms with Crippen LogP contribution in [0.5, 0.6) is 0 Å². The van der Waals surface area contributed by atoms with Crippen LogP contribution in [0.2, 0.25) is 0 Å². The normalized spacial score (nSPS) is 25.7. The molecule has 2 fully saturated rings. The van der Waals surface area contributed by atoms with Crippen molar-refractivity contribution in [2.24, 2.45) is 0 Å². The van der Waals surface area contributed by atoms with Crippen LogP contribution in [0, 0.1) is 0 Å². The standard InChI is InChI=1S/C17H30N4/c1-4-15-10-18-17(8-6-5-7-9-17)13-20(15)16-11-19-21(12-16)14(2)3/h11-12,14-15,18H,4-10,13H2,1-3H3. The number of anilines is 1. The highest BCUT2D eigenvalue weighted by atomic mass is 15.3. The second-order valence-electron chi connectivity index (χ2n) is 7.18. The molecule has 0 radical (unpaired) electrons. The van der Waals surface area contributed by atoms with E-state index in [9.17, 15) is 0 Å². The van der Waals surface area contributed by atoms with Crippen LogP contribution in [0.1, 0.15) is 65.3 Å². The summed E-state index contributed by atoms with van der Waals surface area (Å²) in [6.45, 7) is 8.94. The molecule has 0 bridgehead atoms. The van der Waals surface area contributed by atoms with E-state index in [1.54, 1.807) is 0 Å². The van der Waals surface area contributed by atoms with Gasteiger partial charge in [0.1, 0.15) is 0 Å². The van der Waals surface area contributed by atoms with Crippen molar-refractivity contribution in [3.05, 3.63) is 12.4 Å². The predicted molar refractivity (Wildman–Crippen MR) is 87.9 cm³/mol. The lowest BCUT2D eigenvalue weighted by Gasteiger charge is -2.50. The third-order valence-corrected chi connectivity index (χ3v) is 5.36. The summed E-state index contributed by atoms with van der Waals surface area (Å²) >= 11 is 0. The van der Waals surface area contributed by atoms with Crippen LogP contribution in [0.3, 0.4) is 0 Å². The maximum atomic E-state index is 4.55. The summed E-state index contributed by atoms with van der Waals surface area (Å²) in [4.78, 5) is 2.62. The number of aromatic nitrogens is 2. The van der Waals surface area contributed by atoms with Crippen molar-refractivity contribution < 1.29 is 0 Å². The zero-order valence-corrected chi connectivity index (χ0v) is 13.8. The maximum Gasteiger partial charge on any atom is 0.0756 e. The van der Waals surface area contributed by atoms with Gasteiger partial charge in [0, 0.05) is 36.9 Å². The molecule has 1 unspecified atom stereocenters. The molecule has 1 N–H and O–H groups in total. The fraction of sp³-hybridized carbons (Fsp3) is 0.824. The van der Waals surface area contributed by atoms with Crippen molar-refractivity contribution in [3.8, 4) is 0 Å². The highest BCUT2D eigenvalue weighted by molar-refractivity contribution is 5.45. The second-order valence-corrected chi connectivity index (χ2v) is 7.18. The highest BCUT2D eigenvalue weighted by Gasteiger charge is 2.39. The zero-order valence-electron chi connectivity index (χ0n) is 13.8. The quantitative estimate of drug-likeness (QED) is 0.926. The van der Waals surface area contributed by atoms with Crippen LogP contribution < -0.4 is 10.2 Å². The minimum atomic E-state index is 0.351. The zero-order chi connectivity index (χ0) is 14.9. The van der Waals surface area contributed by atoms with Gasteiger partial charge in [-0.15, -0.1) is 0 Å². The molecule has 2 aliphatic rings. The lowest BCUT2D eigenvalue weighted by molar-refractivity contribution is 0.196. The van der Waals surface area contributed by atoms with E-state index >= 15 is 0 Å². The van der Waals surface area contributed by atoms with Gasteiger partial charge in [0.25, 0.3) is 0 Å². The van der Waals surface area contributed by atoms with Crippen molar-refractivity contribution in [1.29, 1.82) is 0 Å². The SMILES string of the molecule is CCC1CNC2(CCCCC2)CN1c1cnn(C(C)C)c1. The van der Waals surface area contributed by atoms with E-state index in [1.807, 2.05) is 0 Å². The fourth-order valence-corrected chi connectivity index (χ4v) is 3.94. The van der Waals surface area contributed by atoms with Gasteiger partial charge in [-0.2, -0.15) is 5.10 Å². The minimum Gasteiger partial charge on any atom is -0.363 e. The van der Waals surface area contributed by atoms with E-state index in [2.05, 4.69) is 53.2 Å². The summed E-state index contributed by atoms with van der Waals surface area (Å²) < 4.78 is 2.08. The van der Waals surface area contributed by atoms with Crippen LogP contribution in [0.25, 0.3) is 0 Å². The topological polar surface area (TPSA) is 33.1 Å². The highest BCUT2D eigenvalue weighted by Crippen LogP contribution is 2.34. The number of hydrogen-bond donors (Lipinski definition) is 1. The van der Waals surface area contributed by atoms with E-state index in [0.29, 0.717) is 17.6 Å². The Morgan fingerprint density at radius 2 is 2.10 bits per heavy atom.